The van der Waals surface area contributed by atoms with Crippen molar-refractivity contribution in [3.8, 4) is 5.75 Å². The number of para-hydroxylation sites is 2. The summed E-state index contributed by atoms with van der Waals surface area (Å²) < 4.78 is 33.6. The van der Waals surface area contributed by atoms with Gasteiger partial charge in [-0.25, -0.2) is 4.98 Å². The molecule has 0 amide bonds. The third-order valence-electron chi connectivity index (χ3n) is 4.82. The molecule has 3 aromatic rings. The number of methoxy groups -OCH3 is 1. The molecule has 2 aromatic carbocycles. The van der Waals surface area contributed by atoms with Gasteiger partial charge in [-0.05, 0) is 42.7 Å². The van der Waals surface area contributed by atoms with Crippen molar-refractivity contribution in [2.75, 3.05) is 7.11 Å². The Morgan fingerprint density at radius 3 is 2.50 bits per heavy atom. The molecule has 0 spiro atoms. The average molecular weight is 357 g/mol. The summed E-state index contributed by atoms with van der Waals surface area (Å²) in [6.45, 7) is -1.48. The van der Waals surface area contributed by atoms with Gasteiger partial charge < -0.3 is 4.74 Å². The second-order valence-corrected chi connectivity index (χ2v) is 6.65. The summed E-state index contributed by atoms with van der Waals surface area (Å²) in [4.78, 5) is 6.71. The Kier molecular flexibility index (Phi) is 4.59. The minimum Gasteiger partial charge on any atom is -0.497 e. The van der Waals surface area contributed by atoms with Crippen molar-refractivity contribution in [3.05, 3.63) is 59.9 Å². The van der Waals surface area contributed by atoms with Gasteiger partial charge >= 0.3 is 6.55 Å². The van der Waals surface area contributed by atoms with Gasteiger partial charge in [-0.1, -0.05) is 24.3 Å². The number of nitrogens with zero attached hydrogens (tertiary/aromatic N) is 3. The lowest BCUT2D eigenvalue weighted by Crippen LogP contribution is -2.27. The van der Waals surface area contributed by atoms with Crippen molar-refractivity contribution < 1.29 is 13.5 Å². The predicted octanol–water partition coefficient (Wildman–Crippen LogP) is 4.60. The molecule has 0 radical (unpaired) electrons. The predicted molar refractivity (Wildman–Crippen MR) is 96.2 cm³/mol. The van der Waals surface area contributed by atoms with E-state index < -0.39 is 6.55 Å². The van der Waals surface area contributed by atoms with Crippen molar-refractivity contribution in [1.82, 2.24) is 14.5 Å². The van der Waals surface area contributed by atoms with Crippen LogP contribution >= 0.6 is 0 Å². The quantitative estimate of drug-likeness (QED) is 0.619. The number of imidazole rings is 1. The SMILES string of the molecule is COc1ccc(CN(Cc2nc3ccccc3n2C(F)F)C2CC2)cc1. The number of halogens is 2. The Morgan fingerprint density at radius 2 is 1.85 bits per heavy atom. The van der Waals surface area contributed by atoms with Gasteiger partial charge in [0.05, 0.1) is 24.7 Å². The van der Waals surface area contributed by atoms with Crippen LogP contribution in [0, 0.1) is 0 Å². The van der Waals surface area contributed by atoms with Crippen molar-refractivity contribution in [1.29, 1.82) is 0 Å². The Hall–Kier alpha value is -2.47. The third kappa shape index (κ3) is 3.42. The number of alkyl halides is 2. The molecule has 0 bridgehead atoms. The van der Waals surface area contributed by atoms with E-state index in [1.54, 1.807) is 25.3 Å². The molecule has 0 aliphatic heterocycles. The monoisotopic (exact) mass is 357 g/mol. The highest BCUT2D eigenvalue weighted by Crippen LogP contribution is 2.31. The molecule has 4 nitrogen and oxygen atoms in total. The van der Waals surface area contributed by atoms with Crippen LogP contribution in [0.2, 0.25) is 0 Å². The van der Waals surface area contributed by atoms with Crippen LogP contribution < -0.4 is 4.74 Å². The first-order chi connectivity index (χ1) is 12.7. The van der Waals surface area contributed by atoms with Crippen LogP contribution in [-0.4, -0.2) is 27.6 Å². The van der Waals surface area contributed by atoms with E-state index in [-0.39, 0.29) is 0 Å². The van der Waals surface area contributed by atoms with Crippen LogP contribution in [0.3, 0.4) is 0 Å². The summed E-state index contributed by atoms with van der Waals surface area (Å²) in [7, 11) is 1.64. The maximum atomic E-state index is 13.7. The van der Waals surface area contributed by atoms with Gasteiger partial charge in [0.25, 0.3) is 0 Å². The molecule has 136 valence electrons. The molecule has 1 aromatic heterocycles. The van der Waals surface area contributed by atoms with Crippen molar-refractivity contribution in [3.63, 3.8) is 0 Å². The molecule has 1 heterocycles. The topological polar surface area (TPSA) is 30.3 Å². The molecular formula is C20H21F2N3O. The van der Waals surface area contributed by atoms with Crippen LogP contribution in [0.25, 0.3) is 11.0 Å². The molecule has 6 heteroatoms. The molecule has 1 aliphatic rings. The van der Waals surface area contributed by atoms with Crippen LogP contribution in [0.1, 0.15) is 30.8 Å². The number of ether oxygens (including phenoxy) is 1. The molecule has 26 heavy (non-hydrogen) atoms. The first-order valence-electron chi connectivity index (χ1n) is 8.76. The van der Waals surface area contributed by atoms with E-state index in [0.29, 0.717) is 36.0 Å². The standard InChI is InChI=1S/C20H21F2N3O/c1-26-16-10-6-14(7-11-16)12-24(15-8-9-15)13-19-23-17-4-2-3-5-18(17)25(19)20(21)22/h2-7,10-11,15,20H,8-9,12-13H2,1H3. The second-order valence-electron chi connectivity index (χ2n) is 6.65. The van der Waals surface area contributed by atoms with Gasteiger partial charge in [0.15, 0.2) is 0 Å². The van der Waals surface area contributed by atoms with E-state index in [0.717, 1.165) is 28.7 Å². The summed E-state index contributed by atoms with van der Waals surface area (Å²) >= 11 is 0. The Labute approximate surface area is 151 Å². The van der Waals surface area contributed by atoms with E-state index in [1.807, 2.05) is 30.3 Å². The first-order valence-corrected chi connectivity index (χ1v) is 8.76. The summed E-state index contributed by atoms with van der Waals surface area (Å²) in [6, 6.07) is 15.4. The highest BCUT2D eigenvalue weighted by Gasteiger charge is 2.31. The lowest BCUT2D eigenvalue weighted by Gasteiger charge is -2.22. The number of benzene rings is 2. The summed E-state index contributed by atoms with van der Waals surface area (Å²) in [5, 5.41) is 0. The molecule has 0 saturated heterocycles. The largest absolute Gasteiger partial charge is 0.497 e. The fraction of sp³-hybridized carbons (Fsp3) is 0.350. The van der Waals surface area contributed by atoms with Gasteiger partial charge in [0.2, 0.25) is 0 Å². The highest BCUT2D eigenvalue weighted by atomic mass is 19.3. The summed E-state index contributed by atoms with van der Waals surface area (Å²) in [5.74, 6) is 1.23. The van der Waals surface area contributed by atoms with Crippen molar-refractivity contribution in [2.45, 2.75) is 38.5 Å². The number of fused-ring (bicyclic) bond motifs is 1. The zero-order valence-corrected chi connectivity index (χ0v) is 14.6. The Bertz CT molecular complexity index is 888. The fourth-order valence-electron chi connectivity index (χ4n) is 3.32. The summed E-state index contributed by atoms with van der Waals surface area (Å²) in [6.07, 6.45) is 2.20. The smallest absolute Gasteiger partial charge is 0.320 e. The second kappa shape index (κ2) is 7.03. The van der Waals surface area contributed by atoms with E-state index in [2.05, 4.69) is 9.88 Å². The van der Waals surface area contributed by atoms with Crippen LogP contribution in [0.5, 0.6) is 5.75 Å². The molecule has 0 atom stereocenters. The minimum absolute atomic E-state index is 0.412. The van der Waals surface area contributed by atoms with Gasteiger partial charge in [-0.15, -0.1) is 0 Å². The van der Waals surface area contributed by atoms with Gasteiger partial charge in [0.1, 0.15) is 11.6 Å². The summed E-state index contributed by atoms with van der Waals surface area (Å²) in [5.41, 5.74) is 2.23. The Balaban J connectivity index is 1.60. The molecule has 4 rings (SSSR count). The van der Waals surface area contributed by atoms with Crippen LogP contribution in [-0.2, 0) is 13.1 Å². The van der Waals surface area contributed by atoms with Crippen molar-refractivity contribution in [2.24, 2.45) is 0 Å². The molecule has 1 aliphatic carbocycles. The van der Waals surface area contributed by atoms with E-state index in [9.17, 15) is 8.78 Å². The maximum absolute atomic E-state index is 13.7. The molecular weight excluding hydrogens is 336 g/mol. The molecule has 1 saturated carbocycles. The Morgan fingerprint density at radius 1 is 1.12 bits per heavy atom. The molecule has 1 fully saturated rings. The van der Waals surface area contributed by atoms with E-state index in [1.165, 1.54) is 0 Å². The molecule has 0 N–H and O–H groups in total. The average Bonchev–Trinajstić information content (AvgIpc) is 3.42. The van der Waals surface area contributed by atoms with E-state index >= 15 is 0 Å². The number of hydrogen-bond donors (Lipinski definition) is 0. The highest BCUT2D eigenvalue weighted by molar-refractivity contribution is 5.75. The van der Waals surface area contributed by atoms with Gasteiger partial charge in [-0.3, -0.25) is 9.47 Å². The third-order valence-corrected chi connectivity index (χ3v) is 4.82. The number of hydrogen-bond acceptors (Lipinski definition) is 3. The van der Waals surface area contributed by atoms with Crippen LogP contribution in [0.15, 0.2) is 48.5 Å². The zero-order valence-electron chi connectivity index (χ0n) is 14.6. The number of aromatic nitrogens is 2. The fourth-order valence-corrected chi connectivity index (χ4v) is 3.32. The minimum atomic E-state index is -2.60. The van der Waals surface area contributed by atoms with Crippen LogP contribution in [0.4, 0.5) is 8.78 Å². The van der Waals surface area contributed by atoms with Gasteiger partial charge in [0, 0.05) is 12.6 Å². The number of rotatable bonds is 7. The zero-order chi connectivity index (χ0) is 18.1. The lowest BCUT2D eigenvalue weighted by atomic mass is 10.2. The molecule has 0 unspecified atom stereocenters. The van der Waals surface area contributed by atoms with E-state index in [4.69, 9.17) is 4.74 Å². The normalized spacial score (nSPS) is 14.5. The lowest BCUT2D eigenvalue weighted by molar-refractivity contribution is 0.0677. The maximum Gasteiger partial charge on any atom is 0.320 e. The van der Waals surface area contributed by atoms with Gasteiger partial charge in [-0.2, -0.15) is 8.78 Å². The van der Waals surface area contributed by atoms with Crippen molar-refractivity contribution >= 4 is 11.0 Å². The first kappa shape index (κ1) is 17.0.